The first-order valence-electron chi connectivity index (χ1n) is 5.05. The van der Waals surface area contributed by atoms with Crippen LogP contribution in [0.2, 0.25) is 0 Å². The third kappa shape index (κ3) is 3.67. The third-order valence-corrected chi connectivity index (χ3v) is 1.86. The molecular weight excluding hydrogens is 196 g/mol. The number of ether oxygens (including phenoxy) is 1. The summed E-state index contributed by atoms with van der Waals surface area (Å²) in [5, 5.41) is 7.54. The number of hydrogen-bond donors (Lipinski definition) is 1. The van der Waals surface area contributed by atoms with E-state index in [0.717, 1.165) is 19.4 Å². The van der Waals surface area contributed by atoms with Gasteiger partial charge in [-0.15, -0.1) is 5.10 Å². The summed E-state index contributed by atoms with van der Waals surface area (Å²) in [7, 11) is 0. The maximum Gasteiger partial charge on any atom is 0.360 e. The normalized spacial score (nSPS) is 10.3. The van der Waals surface area contributed by atoms with Gasteiger partial charge in [-0.3, -0.25) is 4.68 Å². The second kappa shape index (κ2) is 6.13. The Hall–Kier alpha value is -1.43. The molecule has 1 rings (SSSR count). The molecule has 0 saturated carbocycles. The summed E-state index contributed by atoms with van der Waals surface area (Å²) >= 11 is 0. The average Bonchev–Trinajstić information content (AvgIpc) is 2.67. The number of carbonyl (C=O) groups excluding carboxylic acids is 1. The zero-order valence-corrected chi connectivity index (χ0v) is 8.85. The van der Waals surface area contributed by atoms with Crippen molar-refractivity contribution in [2.45, 2.75) is 26.3 Å². The van der Waals surface area contributed by atoms with Crippen molar-refractivity contribution in [2.75, 3.05) is 13.2 Å². The van der Waals surface area contributed by atoms with Gasteiger partial charge in [0.2, 0.25) is 0 Å². The van der Waals surface area contributed by atoms with Crippen molar-refractivity contribution >= 4 is 5.97 Å². The van der Waals surface area contributed by atoms with E-state index in [1.54, 1.807) is 17.8 Å². The standard InChI is InChI=1S/C9H16N4O2/c1-2-15-9(14)8-7-13(12-11-8)6-4-3-5-10/h7H,2-6,10H2,1H3. The summed E-state index contributed by atoms with van der Waals surface area (Å²) in [6, 6.07) is 0. The molecule has 0 radical (unpaired) electrons. The van der Waals surface area contributed by atoms with Gasteiger partial charge in [0, 0.05) is 6.54 Å². The van der Waals surface area contributed by atoms with Crippen LogP contribution in [0.15, 0.2) is 6.20 Å². The molecule has 6 nitrogen and oxygen atoms in total. The van der Waals surface area contributed by atoms with Crippen LogP contribution in [-0.4, -0.2) is 34.1 Å². The zero-order chi connectivity index (χ0) is 11.1. The lowest BCUT2D eigenvalue weighted by atomic mass is 10.3. The van der Waals surface area contributed by atoms with Gasteiger partial charge >= 0.3 is 5.97 Å². The van der Waals surface area contributed by atoms with Crippen LogP contribution < -0.4 is 5.73 Å². The Morgan fingerprint density at radius 1 is 1.60 bits per heavy atom. The smallest absolute Gasteiger partial charge is 0.360 e. The quantitative estimate of drug-likeness (QED) is 0.537. The molecule has 0 aliphatic rings. The molecule has 1 heterocycles. The van der Waals surface area contributed by atoms with Gasteiger partial charge in [0.15, 0.2) is 5.69 Å². The SMILES string of the molecule is CCOC(=O)c1cn(CCCCN)nn1. The van der Waals surface area contributed by atoms with Gasteiger partial charge in [-0.05, 0) is 26.3 Å². The van der Waals surface area contributed by atoms with E-state index in [2.05, 4.69) is 10.3 Å². The first kappa shape index (κ1) is 11.6. The number of hydrogen-bond acceptors (Lipinski definition) is 5. The van der Waals surface area contributed by atoms with E-state index >= 15 is 0 Å². The van der Waals surface area contributed by atoms with Gasteiger partial charge in [0.05, 0.1) is 12.8 Å². The molecule has 0 bridgehead atoms. The predicted octanol–water partition coefficient (Wildman–Crippen LogP) is 0.194. The highest BCUT2D eigenvalue weighted by atomic mass is 16.5. The van der Waals surface area contributed by atoms with Gasteiger partial charge in [-0.2, -0.15) is 0 Å². The van der Waals surface area contributed by atoms with Crippen LogP contribution in [0.25, 0.3) is 0 Å². The Balaban J connectivity index is 2.45. The van der Waals surface area contributed by atoms with Crippen LogP contribution in [0, 0.1) is 0 Å². The highest BCUT2D eigenvalue weighted by molar-refractivity contribution is 5.86. The fraction of sp³-hybridized carbons (Fsp3) is 0.667. The van der Waals surface area contributed by atoms with Gasteiger partial charge in [-0.1, -0.05) is 5.21 Å². The number of carbonyl (C=O) groups is 1. The topological polar surface area (TPSA) is 83.0 Å². The molecule has 0 aliphatic heterocycles. The van der Waals surface area contributed by atoms with E-state index in [0.29, 0.717) is 13.2 Å². The Bertz CT molecular complexity index is 311. The molecule has 84 valence electrons. The van der Waals surface area contributed by atoms with Crippen LogP contribution in [0.3, 0.4) is 0 Å². The maximum absolute atomic E-state index is 11.2. The van der Waals surface area contributed by atoms with E-state index in [1.165, 1.54) is 0 Å². The summed E-state index contributed by atoms with van der Waals surface area (Å²) in [6.45, 7) is 3.49. The number of unbranched alkanes of at least 4 members (excludes halogenated alkanes) is 1. The molecule has 15 heavy (non-hydrogen) atoms. The third-order valence-electron chi connectivity index (χ3n) is 1.86. The Morgan fingerprint density at radius 3 is 3.07 bits per heavy atom. The second-order valence-electron chi connectivity index (χ2n) is 3.08. The molecule has 0 unspecified atom stereocenters. The molecule has 0 saturated heterocycles. The zero-order valence-electron chi connectivity index (χ0n) is 8.85. The summed E-state index contributed by atoms with van der Waals surface area (Å²) < 4.78 is 6.42. The fourth-order valence-corrected chi connectivity index (χ4v) is 1.12. The number of aromatic nitrogens is 3. The van der Waals surface area contributed by atoms with Crippen LogP contribution >= 0.6 is 0 Å². The summed E-state index contributed by atoms with van der Waals surface area (Å²) in [4.78, 5) is 11.2. The number of aryl methyl sites for hydroxylation is 1. The van der Waals surface area contributed by atoms with E-state index in [-0.39, 0.29) is 5.69 Å². The Morgan fingerprint density at radius 2 is 2.40 bits per heavy atom. The van der Waals surface area contributed by atoms with Gasteiger partial charge < -0.3 is 10.5 Å². The van der Waals surface area contributed by atoms with E-state index < -0.39 is 5.97 Å². The second-order valence-corrected chi connectivity index (χ2v) is 3.08. The summed E-state index contributed by atoms with van der Waals surface area (Å²) in [5.74, 6) is -0.428. The van der Waals surface area contributed by atoms with Crippen molar-refractivity contribution < 1.29 is 9.53 Å². The van der Waals surface area contributed by atoms with Crippen molar-refractivity contribution in [3.63, 3.8) is 0 Å². The van der Waals surface area contributed by atoms with Gasteiger partial charge in [0.1, 0.15) is 0 Å². The van der Waals surface area contributed by atoms with Crippen molar-refractivity contribution in [3.05, 3.63) is 11.9 Å². The first-order valence-corrected chi connectivity index (χ1v) is 5.05. The minimum Gasteiger partial charge on any atom is -0.461 e. The van der Waals surface area contributed by atoms with Crippen molar-refractivity contribution in [1.82, 2.24) is 15.0 Å². The van der Waals surface area contributed by atoms with Crippen LogP contribution in [0.5, 0.6) is 0 Å². The molecule has 6 heteroatoms. The van der Waals surface area contributed by atoms with Crippen LogP contribution in [-0.2, 0) is 11.3 Å². The lowest BCUT2D eigenvalue weighted by Crippen LogP contribution is -2.05. The van der Waals surface area contributed by atoms with Crippen molar-refractivity contribution in [3.8, 4) is 0 Å². The minimum atomic E-state index is -0.428. The molecule has 0 atom stereocenters. The first-order chi connectivity index (χ1) is 7.27. The maximum atomic E-state index is 11.2. The van der Waals surface area contributed by atoms with Crippen LogP contribution in [0.1, 0.15) is 30.3 Å². The van der Waals surface area contributed by atoms with E-state index in [1.807, 2.05) is 0 Å². The summed E-state index contributed by atoms with van der Waals surface area (Å²) in [6.07, 6.45) is 3.46. The lowest BCUT2D eigenvalue weighted by Gasteiger charge is -1.97. The van der Waals surface area contributed by atoms with Crippen LogP contribution in [0.4, 0.5) is 0 Å². The summed E-state index contributed by atoms with van der Waals surface area (Å²) in [5.41, 5.74) is 5.62. The highest BCUT2D eigenvalue weighted by Gasteiger charge is 2.10. The minimum absolute atomic E-state index is 0.254. The number of rotatable bonds is 6. The van der Waals surface area contributed by atoms with E-state index in [4.69, 9.17) is 10.5 Å². The number of esters is 1. The molecule has 0 aromatic carbocycles. The highest BCUT2D eigenvalue weighted by Crippen LogP contribution is 1.98. The molecule has 0 aliphatic carbocycles. The fourth-order valence-electron chi connectivity index (χ4n) is 1.12. The van der Waals surface area contributed by atoms with Gasteiger partial charge in [0.25, 0.3) is 0 Å². The predicted molar refractivity (Wildman–Crippen MR) is 54.3 cm³/mol. The molecule has 0 fully saturated rings. The van der Waals surface area contributed by atoms with Crippen molar-refractivity contribution in [1.29, 1.82) is 0 Å². The average molecular weight is 212 g/mol. The number of nitrogens with zero attached hydrogens (tertiary/aromatic N) is 3. The largest absolute Gasteiger partial charge is 0.461 e. The Labute approximate surface area is 88.4 Å². The molecule has 0 spiro atoms. The van der Waals surface area contributed by atoms with Crippen molar-refractivity contribution in [2.24, 2.45) is 5.73 Å². The number of nitrogens with two attached hydrogens (primary N) is 1. The van der Waals surface area contributed by atoms with Gasteiger partial charge in [-0.25, -0.2) is 4.79 Å². The Kier molecular flexibility index (Phi) is 4.76. The molecule has 1 aromatic heterocycles. The molecule has 0 amide bonds. The monoisotopic (exact) mass is 212 g/mol. The molecule has 1 aromatic rings. The molecule has 2 N–H and O–H groups in total. The lowest BCUT2D eigenvalue weighted by molar-refractivity contribution is 0.0519. The van der Waals surface area contributed by atoms with E-state index in [9.17, 15) is 4.79 Å². The molecular formula is C9H16N4O2.